The number of ether oxygens (including phenoxy) is 1. The summed E-state index contributed by atoms with van der Waals surface area (Å²) >= 11 is 6.13. The van der Waals surface area contributed by atoms with Gasteiger partial charge >= 0.3 is 6.61 Å². The van der Waals surface area contributed by atoms with Crippen LogP contribution in [0.5, 0.6) is 5.75 Å². The lowest BCUT2D eigenvalue weighted by molar-refractivity contribution is -0.0496. The van der Waals surface area contributed by atoms with Gasteiger partial charge in [-0.2, -0.15) is 8.78 Å². The number of hydrogen-bond donors (Lipinski definition) is 2. The van der Waals surface area contributed by atoms with Gasteiger partial charge in [0.15, 0.2) is 5.60 Å². The smallest absolute Gasteiger partial charge is 0.387 e. The number of nitrogens with one attached hydrogen (secondary N) is 1. The average Bonchev–Trinajstić information content (AvgIpc) is 3.10. The molecule has 0 amide bonds. The number of aromatic nitrogens is 4. The van der Waals surface area contributed by atoms with E-state index in [1.54, 1.807) is 12.1 Å². The number of aliphatic hydroxyl groups is 1. The molecule has 0 aliphatic heterocycles. The Hall–Kier alpha value is -2.32. The molecular weight excluding hydrogens is 354 g/mol. The number of nitrogens with zero attached hydrogens (tertiary/aromatic N) is 3. The highest BCUT2D eigenvalue weighted by Gasteiger charge is 2.39. The van der Waals surface area contributed by atoms with Gasteiger partial charge < -0.3 is 9.84 Å². The summed E-state index contributed by atoms with van der Waals surface area (Å²) in [5.41, 5.74) is -0.349. The van der Waals surface area contributed by atoms with Crippen molar-refractivity contribution >= 4 is 22.5 Å². The first-order valence-electron chi connectivity index (χ1n) is 7.48. The average molecular weight is 369 g/mol. The molecule has 0 aliphatic carbocycles. The van der Waals surface area contributed by atoms with Gasteiger partial charge in [-0.1, -0.05) is 30.7 Å². The van der Waals surface area contributed by atoms with Crippen LogP contribution in [0, 0.1) is 5.92 Å². The zero-order valence-corrected chi connectivity index (χ0v) is 14.1. The SMILES string of the molecule is CC(C)C(O)(c1c[nH]nn1)c1ccc2c(Cl)c(OC(F)F)ccc2n1. The number of aromatic amines is 1. The van der Waals surface area contributed by atoms with Crippen molar-refractivity contribution in [1.29, 1.82) is 0 Å². The third-order valence-electron chi connectivity index (χ3n) is 4.02. The third-order valence-corrected chi connectivity index (χ3v) is 4.41. The molecule has 9 heteroatoms. The van der Waals surface area contributed by atoms with Crippen molar-refractivity contribution in [1.82, 2.24) is 20.4 Å². The Labute approximate surface area is 146 Å². The second-order valence-electron chi connectivity index (χ2n) is 5.80. The molecule has 2 aromatic heterocycles. The number of benzene rings is 1. The van der Waals surface area contributed by atoms with Gasteiger partial charge in [-0.25, -0.2) is 4.98 Å². The zero-order valence-electron chi connectivity index (χ0n) is 13.4. The second-order valence-corrected chi connectivity index (χ2v) is 6.18. The fourth-order valence-corrected chi connectivity index (χ4v) is 2.93. The summed E-state index contributed by atoms with van der Waals surface area (Å²) in [6.45, 7) is 0.681. The highest BCUT2D eigenvalue weighted by atomic mass is 35.5. The molecule has 2 heterocycles. The lowest BCUT2D eigenvalue weighted by Gasteiger charge is -2.29. The van der Waals surface area contributed by atoms with Gasteiger partial charge in [0, 0.05) is 11.6 Å². The van der Waals surface area contributed by atoms with Gasteiger partial charge in [-0.05, 0) is 30.2 Å². The molecule has 1 unspecified atom stereocenters. The Morgan fingerprint density at radius 3 is 2.56 bits per heavy atom. The molecule has 1 atom stereocenters. The van der Waals surface area contributed by atoms with Crippen molar-refractivity contribution in [3.05, 3.63) is 46.9 Å². The minimum atomic E-state index is -2.97. The van der Waals surface area contributed by atoms with Crippen LogP contribution in [-0.4, -0.2) is 32.1 Å². The molecule has 0 saturated carbocycles. The van der Waals surface area contributed by atoms with Gasteiger partial charge in [0.2, 0.25) is 0 Å². The number of fused-ring (bicyclic) bond motifs is 1. The third kappa shape index (κ3) is 3.03. The number of hydrogen-bond acceptors (Lipinski definition) is 5. The molecule has 2 N–H and O–H groups in total. The molecule has 25 heavy (non-hydrogen) atoms. The van der Waals surface area contributed by atoms with E-state index in [-0.39, 0.29) is 16.7 Å². The Morgan fingerprint density at radius 2 is 1.96 bits per heavy atom. The number of pyridine rings is 1. The molecule has 3 aromatic rings. The van der Waals surface area contributed by atoms with Gasteiger partial charge in [0.1, 0.15) is 11.4 Å². The number of halogens is 3. The van der Waals surface area contributed by atoms with Gasteiger partial charge in [-0.15, -0.1) is 5.10 Å². The van der Waals surface area contributed by atoms with Crippen LogP contribution >= 0.6 is 11.6 Å². The summed E-state index contributed by atoms with van der Waals surface area (Å²) in [4.78, 5) is 4.45. The lowest BCUT2D eigenvalue weighted by atomic mass is 9.84. The van der Waals surface area contributed by atoms with E-state index in [4.69, 9.17) is 11.6 Å². The van der Waals surface area contributed by atoms with Crippen LogP contribution < -0.4 is 4.74 Å². The minimum Gasteiger partial charge on any atom is -0.433 e. The maximum Gasteiger partial charge on any atom is 0.387 e. The Bertz CT molecular complexity index is 889. The first-order chi connectivity index (χ1) is 11.8. The largest absolute Gasteiger partial charge is 0.433 e. The summed E-state index contributed by atoms with van der Waals surface area (Å²) in [6.07, 6.45) is 1.50. The lowest BCUT2D eigenvalue weighted by Crippen LogP contribution is -2.35. The highest BCUT2D eigenvalue weighted by molar-refractivity contribution is 6.36. The minimum absolute atomic E-state index is 0.0337. The molecule has 3 rings (SSSR count). The molecule has 132 valence electrons. The van der Waals surface area contributed by atoms with Crippen LogP contribution in [-0.2, 0) is 5.60 Å². The molecule has 0 aliphatic rings. The Kier molecular flexibility index (Phi) is 4.57. The zero-order chi connectivity index (χ0) is 18.2. The van der Waals surface area contributed by atoms with E-state index in [1.807, 2.05) is 13.8 Å². The van der Waals surface area contributed by atoms with Crippen LogP contribution in [0.3, 0.4) is 0 Å². The molecule has 6 nitrogen and oxygen atoms in total. The maximum atomic E-state index is 12.4. The first-order valence-corrected chi connectivity index (χ1v) is 7.85. The molecule has 0 bridgehead atoms. The van der Waals surface area contributed by atoms with E-state index in [0.717, 1.165) is 0 Å². The van der Waals surface area contributed by atoms with Crippen molar-refractivity contribution in [3.8, 4) is 5.75 Å². The van der Waals surface area contributed by atoms with E-state index in [9.17, 15) is 13.9 Å². The van der Waals surface area contributed by atoms with Crippen molar-refractivity contribution in [2.24, 2.45) is 5.92 Å². The topological polar surface area (TPSA) is 83.9 Å². The number of rotatable bonds is 5. The fourth-order valence-electron chi connectivity index (χ4n) is 2.66. The van der Waals surface area contributed by atoms with E-state index in [1.165, 1.54) is 18.3 Å². The fraction of sp³-hybridized carbons (Fsp3) is 0.312. The van der Waals surface area contributed by atoms with Crippen molar-refractivity contribution in [3.63, 3.8) is 0 Å². The second kappa shape index (κ2) is 6.53. The quantitative estimate of drug-likeness (QED) is 0.720. The van der Waals surface area contributed by atoms with E-state index >= 15 is 0 Å². The standard InChI is InChI=1S/C16H15ClF2N4O2/c1-8(2)16(24,13-7-20-23-22-13)12-6-3-9-10(21-12)4-5-11(14(9)17)25-15(18)19/h3-8,15,24H,1-2H3,(H,20,22,23). The Balaban J connectivity index is 2.12. The monoisotopic (exact) mass is 368 g/mol. The van der Waals surface area contributed by atoms with E-state index in [2.05, 4.69) is 25.1 Å². The van der Waals surface area contributed by atoms with E-state index in [0.29, 0.717) is 22.3 Å². The molecule has 0 radical (unpaired) electrons. The van der Waals surface area contributed by atoms with Gasteiger partial charge in [0.25, 0.3) is 0 Å². The molecular formula is C16H15ClF2N4O2. The normalized spacial score (nSPS) is 14.2. The first kappa shape index (κ1) is 17.5. The highest BCUT2D eigenvalue weighted by Crippen LogP contribution is 2.37. The predicted octanol–water partition coefficient (Wildman–Crippen LogP) is 3.50. The molecule has 1 aromatic carbocycles. The predicted molar refractivity (Wildman–Crippen MR) is 87.6 cm³/mol. The summed E-state index contributed by atoms with van der Waals surface area (Å²) in [7, 11) is 0. The van der Waals surface area contributed by atoms with Crippen LogP contribution in [0.1, 0.15) is 25.2 Å². The van der Waals surface area contributed by atoms with Crippen molar-refractivity contribution < 1.29 is 18.6 Å². The van der Waals surface area contributed by atoms with Crippen LogP contribution in [0.25, 0.3) is 10.9 Å². The van der Waals surface area contributed by atoms with Crippen LogP contribution in [0.15, 0.2) is 30.5 Å². The molecule has 0 saturated heterocycles. The van der Waals surface area contributed by atoms with E-state index < -0.39 is 12.2 Å². The van der Waals surface area contributed by atoms with Gasteiger partial charge in [-0.3, -0.25) is 5.10 Å². The van der Waals surface area contributed by atoms with Crippen molar-refractivity contribution in [2.45, 2.75) is 26.1 Å². The number of H-pyrrole nitrogens is 1. The summed E-state index contributed by atoms with van der Waals surface area (Å²) in [6, 6.07) is 6.00. The number of alkyl halides is 2. The summed E-state index contributed by atoms with van der Waals surface area (Å²) in [5.74, 6) is -0.381. The summed E-state index contributed by atoms with van der Waals surface area (Å²) < 4.78 is 29.2. The molecule has 0 spiro atoms. The van der Waals surface area contributed by atoms with Crippen LogP contribution in [0.2, 0.25) is 5.02 Å². The molecule has 0 fully saturated rings. The summed E-state index contributed by atoms with van der Waals surface area (Å²) in [5, 5.41) is 21.8. The van der Waals surface area contributed by atoms with Gasteiger partial charge in [0.05, 0.1) is 16.2 Å². The van der Waals surface area contributed by atoms with Crippen LogP contribution in [0.4, 0.5) is 8.78 Å². The maximum absolute atomic E-state index is 12.4. The Morgan fingerprint density at radius 1 is 1.20 bits per heavy atom. The van der Waals surface area contributed by atoms with Crippen molar-refractivity contribution in [2.75, 3.05) is 0 Å².